The predicted octanol–water partition coefficient (Wildman–Crippen LogP) is 9.38. The van der Waals surface area contributed by atoms with Gasteiger partial charge in [0.1, 0.15) is 0 Å². The summed E-state index contributed by atoms with van der Waals surface area (Å²) in [6, 6.07) is 0. The quantitative estimate of drug-likeness (QED) is 0.0882. The van der Waals surface area contributed by atoms with E-state index in [0.717, 1.165) is 0 Å². The Hall–Kier alpha value is -3.42. The second kappa shape index (κ2) is 13.7. The number of carbonyl (C=O) groups excluding carboxylic acids is 2. The number of hydrogen-bond acceptors (Lipinski definition) is 4. The van der Waals surface area contributed by atoms with Crippen molar-refractivity contribution in [3.63, 3.8) is 0 Å². The molecule has 54 heavy (non-hydrogen) atoms. The van der Waals surface area contributed by atoms with Gasteiger partial charge in [-0.15, -0.1) is 0 Å². The summed E-state index contributed by atoms with van der Waals surface area (Å²) in [6.45, 7) is -7.76. The molecule has 0 heterocycles. The van der Waals surface area contributed by atoms with E-state index in [1.165, 1.54) is 0 Å². The van der Waals surface area contributed by atoms with Crippen molar-refractivity contribution in [2.24, 2.45) is 0 Å². The predicted molar refractivity (Wildman–Crippen MR) is 103 cm³/mol. The van der Waals surface area contributed by atoms with Gasteiger partial charge >= 0.3 is 95.4 Å². The Morgan fingerprint density at radius 3 is 0.648 bits per heavy atom. The van der Waals surface area contributed by atoms with E-state index >= 15 is 0 Å². The summed E-state index contributed by atoms with van der Waals surface area (Å²) in [4.78, 5) is 22.4. The van der Waals surface area contributed by atoms with Crippen LogP contribution in [0.2, 0.25) is 0 Å². The molecule has 0 spiro atoms. The van der Waals surface area contributed by atoms with Crippen molar-refractivity contribution in [3.8, 4) is 0 Å². The van der Waals surface area contributed by atoms with Crippen LogP contribution in [0.3, 0.4) is 0 Å². The van der Waals surface area contributed by atoms with E-state index in [4.69, 9.17) is 0 Å². The van der Waals surface area contributed by atoms with Gasteiger partial charge < -0.3 is 9.47 Å². The Morgan fingerprint density at radius 1 is 0.296 bits per heavy atom. The van der Waals surface area contributed by atoms with Crippen LogP contribution >= 0.6 is 0 Å². The minimum absolute atomic E-state index is 1.03. The number of esters is 2. The van der Waals surface area contributed by atoms with Gasteiger partial charge in [-0.25, -0.2) is 9.59 Å². The molecular weight excluding hydrogens is 874 g/mol. The van der Waals surface area contributed by atoms with Gasteiger partial charge in [0.25, 0.3) is 0 Å². The molecule has 0 unspecified atom stereocenters. The van der Waals surface area contributed by atoms with Crippen LogP contribution in [0.4, 0.5) is 132 Å². The maximum absolute atomic E-state index is 13.6. The molecule has 0 atom stereocenters. The van der Waals surface area contributed by atoms with Crippen molar-refractivity contribution in [2.45, 2.75) is 83.4 Å². The zero-order chi connectivity index (χ0) is 44.4. The highest BCUT2D eigenvalue weighted by Gasteiger charge is 2.95. The van der Waals surface area contributed by atoms with Gasteiger partial charge in [0.05, 0.1) is 0 Å². The third-order valence-electron chi connectivity index (χ3n) is 5.93. The number of alkyl halides is 30. The van der Waals surface area contributed by atoms with Crippen LogP contribution in [0.1, 0.15) is 0 Å². The number of rotatable bonds is 16. The van der Waals surface area contributed by atoms with Crippen molar-refractivity contribution in [1.29, 1.82) is 0 Å². The minimum Gasteiger partial charge on any atom is -0.456 e. The highest BCUT2D eigenvalue weighted by atomic mass is 19.4. The molecule has 0 aromatic carbocycles. The molecule has 320 valence electrons. The van der Waals surface area contributed by atoms with Crippen LogP contribution in [0, 0.1) is 0 Å². The first-order chi connectivity index (χ1) is 23.0. The topological polar surface area (TPSA) is 52.6 Å². The van der Waals surface area contributed by atoms with Crippen molar-refractivity contribution in [1.82, 2.24) is 0 Å². The summed E-state index contributed by atoms with van der Waals surface area (Å²) >= 11 is 0. The molecule has 0 bridgehead atoms. The van der Waals surface area contributed by atoms with E-state index in [-0.39, 0.29) is 0 Å². The Balaban J connectivity index is 6.06. The van der Waals surface area contributed by atoms with Crippen molar-refractivity contribution < 1.29 is 151 Å². The van der Waals surface area contributed by atoms with E-state index in [0.29, 0.717) is 0 Å². The second-order valence-corrected chi connectivity index (χ2v) is 9.70. The number of ether oxygens (including phenoxy) is 2. The van der Waals surface area contributed by atoms with Crippen LogP contribution < -0.4 is 0 Å². The molecule has 4 nitrogen and oxygen atoms in total. The van der Waals surface area contributed by atoms with E-state index in [1.807, 2.05) is 0 Å². The lowest BCUT2D eigenvalue weighted by molar-refractivity contribution is -0.453. The maximum atomic E-state index is 13.6. The van der Waals surface area contributed by atoms with Gasteiger partial charge in [-0.3, -0.25) is 0 Å². The van der Waals surface area contributed by atoms with E-state index in [1.54, 1.807) is 0 Å². The lowest BCUT2D eigenvalue weighted by atomic mass is 9.91. The van der Waals surface area contributed by atoms with Crippen LogP contribution in [-0.2, 0) is 19.1 Å². The molecule has 34 heteroatoms. The summed E-state index contributed by atoms with van der Waals surface area (Å²) in [5, 5.41) is 0. The molecule has 0 aliphatic carbocycles. The smallest absolute Gasteiger partial charge is 0.456 e. The number of carbonyl (C=O) groups is 2. The summed E-state index contributed by atoms with van der Waals surface area (Å²) in [5.74, 6) is -106. The van der Waals surface area contributed by atoms with Gasteiger partial charge in [-0.1, -0.05) is 0 Å². The molecule has 0 saturated heterocycles. The number of halogens is 30. The monoisotopic (exact) mass is 880 g/mol. The summed E-state index contributed by atoms with van der Waals surface area (Å²) in [6.07, 6.45) is -18.0. The molecule has 0 aromatic heterocycles. The normalized spacial score (nSPS) is 16.2. The highest BCUT2D eigenvalue weighted by Crippen LogP contribution is 2.64. The molecule has 0 aromatic rings. The van der Waals surface area contributed by atoms with E-state index in [2.05, 4.69) is 9.47 Å². The lowest BCUT2D eigenvalue weighted by Gasteiger charge is -2.41. The molecule has 0 aliphatic rings. The first-order valence-corrected chi connectivity index (χ1v) is 11.7. The molecule has 0 rings (SSSR count). The van der Waals surface area contributed by atoms with Crippen molar-refractivity contribution >= 4 is 11.9 Å². The van der Waals surface area contributed by atoms with Crippen molar-refractivity contribution in [3.05, 3.63) is 12.2 Å². The number of hydrogen-bond donors (Lipinski definition) is 0. The average molecular weight is 880 g/mol. The van der Waals surface area contributed by atoms with E-state index in [9.17, 15) is 141 Å². The fraction of sp³-hybridized carbons (Fsp3) is 0.800. The van der Waals surface area contributed by atoms with Crippen molar-refractivity contribution in [2.75, 3.05) is 13.2 Å². The third-order valence-corrected chi connectivity index (χ3v) is 5.93. The Bertz CT molecular complexity index is 1300. The second-order valence-electron chi connectivity index (χ2n) is 9.70. The SMILES string of the molecule is O=C(/C=C/C(=O)OCC(F)(F)C(F)(F)C(F)(F)C(F)(F)C(F)(F)C(F)(F)C(F)(F)F)OCC(F)(F)C(F)(F)C(F)(F)C(F)(F)C(F)(F)C(F)(F)C(F)(F)F. The third kappa shape index (κ3) is 7.44. The zero-order valence-electron chi connectivity index (χ0n) is 23.5. The first-order valence-electron chi connectivity index (χ1n) is 11.7. The fourth-order valence-electron chi connectivity index (χ4n) is 2.74. The Labute approximate surface area is 272 Å². The molecule has 0 saturated carbocycles. The summed E-state index contributed by atoms with van der Waals surface area (Å²) < 4.78 is 398. The average Bonchev–Trinajstić information content (AvgIpc) is 2.95. The van der Waals surface area contributed by atoms with Crippen LogP contribution in [0.25, 0.3) is 0 Å². The zero-order valence-corrected chi connectivity index (χ0v) is 23.5. The minimum atomic E-state index is -8.78. The van der Waals surface area contributed by atoms with Gasteiger partial charge in [-0.05, 0) is 0 Å². The molecule has 0 N–H and O–H groups in total. The van der Waals surface area contributed by atoms with Gasteiger partial charge in [0.2, 0.25) is 0 Å². The lowest BCUT2D eigenvalue weighted by Crippen LogP contribution is -2.73. The van der Waals surface area contributed by atoms with E-state index < -0.39 is 121 Å². The van der Waals surface area contributed by atoms with Crippen LogP contribution in [0.5, 0.6) is 0 Å². The summed E-state index contributed by atoms with van der Waals surface area (Å²) in [5.41, 5.74) is 0. The molecule has 0 aliphatic heterocycles. The summed E-state index contributed by atoms with van der Waals surface area (Å²) in [7, 11) is 0. The molecule has 0 amide bonds. The Kier molecular flexibility index (Phi) is 12.8. The highest BCUT2D eigenvalue weighted by molar-refractivity contribution is 5.91. The van der Waals surface area contributed by atoms with Gasteiger partial charge in [-0.2, -0.15) is 132 Å². The molecule has 0 radical (unpaired) electrons. The fourth-order valence-corrected chi connectivity index (χ4v) is 2.74. The molecule has 0 fully saturated rings. The standard InChI is InChI=1S/C20H6F30O4/c21-7(22,9(25,26)11(29,30)13(33,34)15(37,38)17(41,42)19(45,46)47)3-53-5(51)1-2-6(52)54-4-8(23,24)10(27,28)12(31,32)14(35,36)16(39,40)18(43,44)20(48,49)50/h1-2H,3-4H2/b2-1+. The van der Waals surface area contributed by atoms with Crippen LogP contribution in [0.15, 0.2) is 12.2 Å². The maximum Gasteiger partial charge on any atom is 0.460 e. The molecular formula is C20H6F30O4. The first kappa shape index (κ1) is 50.6. The van der Waals surface area contributed by atoms with Gasteiger partial charge in [0, 0.05) is 12.2 Å². The largest absolute Gasteiger partial charge is 0.460 e. The van der Waals surface area contributed by atoms with Crippen LogP contribution in [-0.4, -0.2) is 109 Å². The Morgan fingerprint density at radius 2 is 0.463 bits per heavy atom. The van der Waals surface area contributed by atoms with Gasteiger partial charge in [0.15, 0.2) is 13.2 Å².